The Hall–Kier alpha value is -3.48. The van der Waals surface area contributed by atoms with Crippen LogP contribution in [-0.2, 0) is 4.79 Å². The summed E-state index contributed by atoms with van der Waals surface area (Å²) in [6.45, 7) is 1.38. The van der Waals surface area contributed by atoms with Crippen molar-refractivity contribution >= 4 is 17.9 Å². The molecule has 1 fully saturated rings. The quantitative estimate of drug-likeness (QED) is 0.678. The van der Waals surface area contributed by atoms with Crippen LogP contribution >= 0.6 is 0 Å². The molecule has 7 heteroatoms. The molecule has 27 heavy (non-hydrogen) atoms. The first-order chi connectivity index (χ1) is 13.3. The molecule has 1 atom stereocenters. The maximum Gasteiger partial charge on any atom is 0.241 e. The van der Waals surface area contributed by atoms with Gasteiger partial charge in [0, 0.05) is 43.3 Å². The molecule has 3 heterocycles. The number of benzene rings is 1. The predicted molar refractivity (Wildman–Crippen MR) is 101 cm³/mol. The number of carbonyl (C=O) groups is 1. The van der Waals surface area contributed by atoms with Gasteiger partial charge in [-0.2, -0.15) is 0 Å². The van der Waals surface area contributed by atoms with Crippen LogP contribution in [0.2, 0.25) is 0 Å². The Morgan fingerprint density at radius 3 is 2.63 bits per heavy atom. The number of hydrogen-bond donors (Lipinski definition) is 1. The van der Waals surface area contributed by atoms with E-state index in [1.807, 2.05) is 42.5 Å². The fraction of sp³-hybridized carbons (Fsp3) is 0.200. The number of nitrogens with one attached hydrogen (secondary N) is 1. The van der Waals surface area contributed by atoms with Gasteiger partial charge < -0.3 is 15.0 Å². The average molecular weight is 361 g/mol. The van der Waals surface area contributed by atoms with Crippen molar-refractivity contribution in [2.24, 2.45) is 0 Å². The topological polar surface area (TPSA) is 80.2 Å². The van der Waals surface area contributed by atoms with Gasteiger partial charge in [0.2, 0.25) is 12.3 Å². The molecule has 0 spiro atoms. The molecule has 1 unspecified atom stereocenters. The Balaban J connectivity index is 1.47. The molecule has 7 nitrogen and oxygen atoms in total. The van der Waals surface area contributed by atoms with E-state index in [0.717, 1.165) is 36.6 Å². The third-order valence-electron chi connectivity index (χ3n) is 4.45. The second kappa shape index (κ2) is 7.82. The molecule has 3 aromatic rings. The van der Waals surface area contributed by atoms with Crippen molar-refractivity contribution in [2.45, 2.75) is 12.3 Å². The summed E-state index contributed by atoms with van der Waals surface area (Å²) in [5.74, 6) is 2.08. The highest BCUT2D eigenvalue weighted by Gasteiger charge is 2.27. The molecule has 1 amide bonds. The molecule has 1 N–H and O–H groups in total. The van der Waals surface area contributed by atoms with E-state index < -0.39 is 0 Å². The lowest BCUT2D eigenvalue weighted by molar-refractivity contribution is -0.117. The average Bonchev–Trinajstić information content (AvgIpc) is 3.20. The van der Waals surface area contributed by atoms with Gasteiger partial charge in [-0.3, -0.25) is 9.78 Å². The molecular formula is C20H19N5O2. The van der Waals surface area contributed by atoms with Crippen molar-refractivity contribution in [1.82, 2.24) is 19.9 Å². The molecule has 1 aliphatic heterocycles. The van der Waals surface area contributed by atoms with Crippen LogP contribution in [0.5, 0.6) is 11.6 Å². The molecule has 1 saturated heterocycles. The van der Waals surface area contributed by atoms with Crippen LogP contribution in [-0.4, -0.2) is 39.4 Å². The fourth-order valence-electron chi connectivity index (χ4n) is 3.10. The van der Waals surface area contributed by atoms with Gasteiger partial charge in [-0.25, -0.2) is 9.97 Å². The van der Waals surface area contributed by atoms with E-state index in [0.29, 0.717) is 18.2 Å². The third kappa shape index (κ3) is 4.03. The third-order valence-corrected chi connectivity index (χ3v) is 4.45. The summed E-state index contributed by atoms with van der Waals surface area (Å²) in [5, 5.41) is 3.23. The summed E-state index contributed by atoms with van der Waals surface area (Å²) in [5.41, 5.74) is 1.70. The minimum Gasteiger partial charge on any atom is -0.437 e. The lowest BCUT2D eigenvalue weighted by atomic mass is 10.1. The number of carbonyl (C=O) groups excluding carboxylic acids is 1. The monoisotopic (exact) mass is 361 g/mol. The zero-order chi connectivity index (χ0) is 18.5. The van der Waals surface area contributed by atoms with Gasteiger partial charge in [0.15, 0.2) is 0 Å². The van der Waals surface area contributed by atoms with Gasteiger partial charge in [-0.1, -0.05) is 6.07 Å². The minimum atomic E-state index is 0.143. The second-order valence-electron chi connectivity index (χ2n) is 6.30. The van der Waals surface area contributed by atoms with E-state index in [9.17, 15) is 4.79 Å². The number of ether oxygens (including phenoxy) is 1. The summed E-state index contributed by atoms with van der Waals surface area (Å²) in [6, 6.07) is 13.3. The molecule has 0 aliphatic carbocycles. The zero-order valence-electron chi connectivity index (χ0n) is 14.7. The van der Waals surface area contributed by atoms with Crippen molar-refractivity contribution in [3.8, 4) is 11.6 Å². The highest BCUT2D eigenvalue weighted by Crippen LogP contribution is 2.32. The smallest absolute Gasteiger partial charge is 0.241 e. The molecule has 1 aliphatic rings. The van der Waals surface area contributed by atoms with E-state index in [1.54, 1.807) is 23.5 Å². The van der Waals surface area contributed by atoms with Crippen LogP contribution in [0.4, 0.5) is 11.5 Å². The zero-order valence-corrected chi connectivity index (χ0v) is 14.7. The Morgan fingerprint density at radius 2 is 1.89 bits per heavy atom. The van der Waals surface area contributed by atoms with E-state index in [1.165, 1.54) is 0 Å². The largest absolute Gasteiger partial charge is 0.437 e. The second-order valence-corrected chi connectivity index (χ2v) is 6.30. The molecule has 0 radical (unpaired) electrons. The SMILES string of the molecule is O=CN1CCC(c2nccnc2Oc2ccc(Nc3ccccn3)cc2)C1. The summed E-state index contributed by atoms with van der Waals surface area (Å²) in [6.07, 6.45) is 6.75. The standard InChI is InChI=1S/C20H19N5O2/c26-14-25-12-8-15(13-25)19-20(23-11-10-22-19)27-17-6-4-16(5-7-17)24-18-3-1-2-9-21-18/h1-7,9-11,14-15H,8,12-13H2,(H,21,24). The van der Waals surface area contributed by atoms with Gasteiger partial charge in [-0.15, -0.1) is 0 Å². The fourth-order valence-corrected chi connectivity index (χ4v) is 3.10. The number of anilines is 2. The van der Waals surface area contributed by atoms with E-state index >= 15 is 0 Å². The van der Waals surface area contributed by atoms with Crippen LogP contribution in [0, 0.1) is 0 Å². The number of likely N-dealkylation sites (tertiary alicyclic amines) is 1. The summed E-state index contributed by atoms with van der Waals surface area (Å²) >= 11 is 0. The van der Waals surface area contributed by atoms with Crippen LogP contribution in [0.3, 0.4) is 0 Å². The summed E-state index contributed by atoms with van der Waals surface area (Å²) in [7, 11) is 0. The number of rotatable bonds is 6. The molecule has 136 valence electrons. The molecular weight excluding hydrogens is 342 g/mol. The Labute approximate surface area is 157 Å². The van der Waals surface area contributed by atoms with Gasteiger partial charge in [0.1, 0.15) is 17.3 Å². The Kier molecular flexibility index (Phi) is 4.91. The van der Waals surface area contributed by atoms with Crippen molar-refractivity contribution in [3.05, 3.63) is 66.7 Å². The maximum absolute atomic E-state index is 11.0. The predicted octanol–water partition coefficient (Wildman–Crippen LogP) is 3.35. The summed E-state index contributed by atoms with van der Waals surface area (Å²) < 4.78 is 5.97. The summed E-state index contributed by atoms with van der Waals surface area (Å²) in [4.78, 5) is 25.8. The highest BCUT2D eigenvalue weighted by atomic mass is 16.5. The normalized spacial score (nSPS) is 16.1. The van der Waals surface area contributed by atoms with Crippen LogP contribution in [0.1, 0.15) is 18.0 Å². The first-order valence-electron chi connectivity index (χ1n) is 8.78. The number of amides is 1. The van der Waals surface area contributed by atoms with E-state index in [-0.39, 0.29) is 5.92 Å². The lowest BCUT2D eigenvalue weighted by Crippen LogP contribution is -2.18. The Bertz CT molecular complexity index is 902. The Morgan fingerprint density at radius 1 is 1.04 bits per heavy atom. The van der Waals surface area contributed by atoms with Gasteiger partial charge >= 0.3 is 0 Å². The van der Waals surface area contributed by atoms with Crippen molar-refractivity contribution < 1.29 is 9.53 Å². The van der Waals surface area contributed by atoms with Crippen LogP contribution in [0.25, 0.3) is 0 Å². The molecule has 0 saturated carbocycles. The first kappa shape index (κ1) is 17.0. The molecule has 2 aromatic heterocycles. The van der Waals surface area contributed by atoms with Crippen LogP contribution in [0.15, 0.2) is 61.1 Å². The van der Waals surface area contributed by atoms with E-state index in [2.05, 4.69) is 20.3 Å². The number of aromatic nitrogens is 3. The molecule has 4 rings (SSSR count). The van der Waals surface area contributed by atoms with Crippen LogP contribution < -0.4 is 10.1 Å². The van der Waals surface area contributed by atoms with Gasteiger partial charge in [0.25, 0.3) is 0 Å². The minimum absolute atomic E-state index is 0.143. The number of nitrogens with zero attached hydrogens (tertiary/aromatic N) is 4. The van der Waals surface area contributed by atoms with Crippen molar-refractivity contribution in [3.63, 3.8) is 0 Å². The highest BCUT2D eigenvalue weighted by molar-refractivity contribution is 5.57. The number of pyridine rings is 1. The van der Waals surface area contributed by atoms with Gasteiger partial charge in [-0.05, 0) is 42.8 Å². The number of hydrogen-bond acceptors (Lipinski definition) is 6. The molecule has 0 bridgehead atoms. The van der Waals surface area contributed by atoms with Crippen molar-refractivity contribution in [2.75, 3.05) is 18.4 Å². The molecule has 1 aromatic carbocycles. The lowest BCUT2D eigenvalue weighted by Gasteiger charge is -2.14. The van der Waals surface area contributed by atoms with E-state index in [4.69, 9.17) is 4.74 Å². The maximum atomic E-state index is 11.0. The first-order valence-corrected chi connectivity index (χ1v) is 8.78. The van der Waals surface area contributed by atoms with Gasteiger partial charge in [0.05, 0.1) is 0 Å². The van der Waals surface area contributed by atoms with Crippen molar-refractivity contribution in [1.29, 1.82) is 0 Å².